The fourth-order valence-electron chi connectivity index (χ4n) is 5.02. The first kappa shape index (κ1) is 20.6. The van der Waals surface area contributed by atoms with Gasteiger partial charge in [0.05, 0.1) is 47.1 Å². The van der Waals surface area contributed by atoms with Gasteiger partial charge >= 0.3 is 0 Å². The van der Waals surface area contributed by atoms with Crippen LogP contribution in [0.15, 0.2) is 61.2 Å². The first-order valence-corrected chi connectivity index (χ1v) is 11.7. The summed E-state index contributed by atoms with van der Waals surface area (Å²) in [7, 11) is 1.95. The van der Waals surface area contributed by atoms with Crippen molar-refractivity contribution in [1.29, 1.82) is 5.26 Å². The number of nitrogens with one attached hydrogen (secondary N) is 1. The van der Waals surface area contributed by atoms with Crippen molar-refractivity contribution in [3.63, 3.8) is 0 Å². The molecule has 0 amide bonds. The number of hydrogen-bond donors (Lipinski definition) is 1. The third-order valence-corrected chi connectivity index (χ3v) is 6.90. The second-order valence-electron chi connectivity index (χ2n) is 9.04. The molecule has 0 atom stereocenters. The number of piperidine rings is 1. The molecular formula is C27H25N7. The van der Waals surface area contributed by atoms with Gasteiger partial charge in [-0.1, -0.05) is 18.2 Å². The minimum absolute atomic E-state index is 0.638. The van der Waals surface area contributed by atoms with Gasteiger partial charge < -0.3 is 9.88 Å². The van der Waals surface area contributed by atoms with Crippen molar-refractivity contribution in [1.82, 2.24) is 29.6 Å². The van der Waals surface area contributed by atoms with Gasteiger partial charge in [0.2, 0.25) is 0 Å². The van der Waals surface area contributed by atoms with Crippen molar-refractivity contribution in [2.24, 2.45) is 13.0 Å². The number of fused-ring (bicyclic) bond motifs is 2. The zero-order chi connectivity index (χ0) is 23.1. The maximum absolute atomic E-state index is 9.27. The first-order chi connectivity index (χ1) is 16.7. The zero-order valence-electron chi connectivity index (χ0n) is 19.1. The molecule has 7 nitrogen and oxygen atoms in total. The van der Waals surface area contributed by atoms with E-state index < -0.39 is 0 Å². The van der Waals surface area contributed by atoms with E-state index in [1.54, 1.807) is 0 Å². The minimum atomic E-state index is 0.638. The molecule has 0 aliphatic carbocycles. The molecule has 0 radical (unpaired) electrons. The standard InChI is InChI=1S/C27H25N7/c1-33-23-7-6-21(12-22(23)14-32-33)26-25(20-4-2-18(13-28)3-5-20)27-24(15-30-26)34(17-31-27)16-19-8-10-29-11-9-19/h2-7,12,14-15,17,19,29H,8-11,16H2,1H3. The third kappa shape index (κ3) is 3.53. The average Bonchev–Trinajstić information content (AvgIpc) is 3.47. The second kappa shape index (κ2) is 8.40. The van der Waals surface area contributed by atoms with Crippen LogP contribution in [-0.2, 0) is 13.6 Å². The van der Waals surface area contributed by atoms with Gasteiger partial charge in [0.1, 0.15) is 5.52 Å². The summed E-state index contributed by atoms with van der Waals surface area (Å²) >= 11 is 0. The maximum Gasteiger partial charge on any atom is 0.100 e. The number of aryl methyl sites for hydroxylation is 1. The lowest BCUT2D eigenvalue weighted by molar-refractivity contribution is 0.336. The van der Waals surface area contributed by atoms with Crippen LogP contribution in [0.25, 0.3) is 44.3 Å². The Morgan fingerprint density at radius 3 is 2.59 bits per heavy atom. The Balaban J connectivity index is 1.52. The van der Waals surface area contributed by atoms with Crippen LogP contribution in [0.5, 0.6) is 0 Å². The largest absolute Gasteiger partial charge is 0.329 e. The van der Waals surface area contributed by atoms with E-state index in [4.69, 9.17) is 9.97 Å². The highest BCUT2D eigenvalue weighted by atomic mass is 15.2. The Hall–Kier alpha value is -4.02. The number of hydrogen-bond acceptors (Lipinski definition) is 5. The molecular weight excluding hydrogens is 422 g/mol. The summed E-state index contributed by atoms with van der Waals surface area (Å²) in [6, 6.07) is 16.2. The fraction of sp³-hybridized carbons (Fsp3) is 0.259. The highest BCUT2D eigenvalue weighted by molar-refractivity contribution is 6.00. The van der Waals surface area contributed by atoms with Gasteiger partial charge in [0.25, 0.3) is 0 Å². The number of rotatable bonds is 4. The zero-order valence-corrected chi connectivity index (χ0v) is 19.1. The van der Waals surface area contributed by atoms with Crippen LogP contribution in [0.2, 0.25) is 0 Å². The van der Waals surface area contributed by atoms with Crippen molar-refractivity contribution in [2.45, 2.75) is 19.4 Å². The first-order valence-electron chi connectivity index (χ1n) is 11.7. The predicted octanol–water partition coefficient (Wildman–Crippen LogP) is 4.52. The van der Waals surface area contributed by atoms with Gasteiger partial charge in [0.15, 0.2) is 0 Å². The average molecular weight is 448 g/mol. The van der Waals surface area contributed by atoms with Crippen molar-refractivity contribution in [3.8, 4) is 28.5 Å². The van der Waals surface area contributed by atoms with E-state index >= 15 is 0 Å². The number of nitrogens with zero attached hydrogens (tertiary/aromatic N) is 6. The molecule has 0 saturated carbocycles. The molecule has 2 aromatic carbocycles. The Labute approximate surface area is 197 Å². The molecule has 1 aliphatic heterocycles. The van der Waals surface area contributed by atoms with Gasteiger partial charge in [0, 0.05) is 30.1 Å². The monoisotopic (exact) mass is 447 g/mol. The van der Waals surface area contributed by atoms with Crippen molar-refractivity contribution < 1.29 is 0 Å². The molecule has 0 spiro atoms. The molecule has 1 aliphatic rings. The van der Waals surface area contributed by atoms with Gasteiger partial charge in [-0.25, -0.2) is 4.98 Å². The Morgan fingerprint density at radius 2 is 1.79 bits per heavy atom. The smallest absolute Gasteiger partial charge is 0.100 e. The number of benzene rings is 2. The number of nitriles is 1. The van der Waals surface area contributed by atoms with Crippen molar-refractivity contribution in [2.75, 3.05) is 13.1 Å². The van der Waals surface area contributed by atoms with Crippen molar-refractivity contribution in [3.05, 3.63) is 66.7 Å². The highest BCUT2D eigenvalue weighted by Gasteiger charge is 2.20. The second-order valence-corrected chi connectivity index (χ2v) is 9.04. The van der Waals surface area contributed by atoms with Crippen LogP contribution in [0, 0.1) is 17.2 Å². The molecule has 1 fully saturated rings. The molecule has 1 N–H and O–H groups in total. The topological polar surface area (TPSA) is 84.3 Å². The fourth-order valence-corrected chi connectivity index (χ4v) is 5.02. The minimum Gasteiger partial charge on any atom is -0.329 e. The molecule has 34 heavy (non-hydrogen) atoms. The van der Waals surface area contributed by atoms with E-state index in [-0.39, 0.29) is 0 Å². The van der Waals surface area contributed by atoms with Gasteiger partial charge in [-0.05, 0) is 61.7 Å². The number of imidazole rings is 1. The Bertz CT molecular complexity index is 1530. The van der Waals surface area contributed by atoms with Crippen LogP contribution in [0.3, 0.4) is 0 Å². The van der Waals surface area contributed by atoms with E-state index in [9.17, 15) is 5.26 Å². The van der Waals surface area contributed by atoms with E-state index in [0.717, 1.165) is 64.0 Å². The number of aromatic nitrogens is 5. The summed E-state index contributed by atoms with van der Waals surface area (Å²) in [6.45, 7) is 3.10. The maximum atomic E-state index is 9.27. The molecule has 7 heteroatoms. The molecule has 3 aromatic heterocycles. The summed E-state index contributed by atoms with van der Waals surface area (Å²) < 4.78 is 4.12. The van der Waals surface area contributed by atoms with E-state index in [1.165, 1.54) is 12.8 Å². The normalized spacial score (nSPS) is 14.6. The lowest BCUT2D eigenvalue weighted by Gasteiger charge is -2.23. The van der Waals surface area contributed by atoms with Crippen LogP contribution >= 0.6 is 0 Å². The SMILES string of the molecule is Cn1ncc2cc(-c3ncc4c(ncn4CC4CCNCC4)c3-c3ccc(C#N)cc3)ccc21. The highest BCUT2D eigenvalue weighted by Crippen LogP contribution is 2.37. The van der Waals surface area contributed by atoms with Crippen LogP contribution in [0.1, 0.15) is 18.4 Å². The summed E-state index contributed by atoms with van der Waals surface area (Å²) in [5.41, 5.74) is 7.61. The molecule has 0 bridgehead atoms. The van der Waals surface area contributed by atoms with Gasteiger partial charge in [-0.3, -0.25) is 9.67 Å². The predicted molar refractivity (Wildman–Crippen MR) is 133 cm³/mol. The molecule has 168 valence electrons. The Kier molecular flexibility index (Phi) is 5.08. The summed E-state index contributed by atoms with van der Waals surface area (Å²) in [5, 5.41) is 18.2. The summed E-state index contributed by atoms with van der Waals surface area (Å²) in [5.74, 6) is 0.643. The molecule has 6 rings (SSSR count). The summed E-state index contributed by atoms with van der Waals surface area (Å²) in [4.78, 5) is 9.85. The van der Waals surface area contributed by atoms with Crippen molar-refractivity contribution >= 4 is 21.9 Å². The summed E-state index contributed by atoms with van der Waals surface area (Å²) in [6.07, 6.45) is 8.15. The Morgan fingerprint density at radius 1 is 1.00 bits per heavy atom. The molecule has 4 heterocycles. The van der Waals surface area contributed by atoms with Crippen LogP contribution in [-0.4, -0.2) is 37.4 Å². The molecule has 1 saturated heterocycles. The van der Waals surface area contributed by atoms with E-state index in [2.05, 4.69) is 39.3 Å². The molecule has 0 unspecified atom stereocenters. The van der Waals surface area contributed by atoms with Gasteiger partial charge in [-0.15, -0.1) is 0 Å². The molecule has 5 aromatic rings. The quantitative estimate of drug-likeness (QED) is 0.438. The number of pyridine rings is 1. The van der Waals surface area contributed by atoms with Gasteiger partial charge in [-0.2, -0.15) is 10.4 Å². The van der Waals surface area contributed by atoms with Crippen LogP contribution in [0.4, 0.5) is 0 Å². The van der Waals surface area contributed by atoms with E-state index in [1.807, 2.05) is 54.7 Å². The van der Waals surface area contributed by atoms with Crippen LogP contribution < -0.4 is 5.32 Å². The lowest BCUT2D eigenvalue weighted by Crippen LogP contribution is -2.29. The third-order valence-electron chi connectivity index (χ3n) is 6.90. The lowest BCUT2D eigenvalue weighted by atomic mass is 9.96. The van der Waals surface area contributed by atoms with E-state index in [0.29, 0.717) is 11.5 Å².